The van der Waals surface area contributed by atoms with Crippen LogP contribution in [-0.4, -0.2) is 35.6 Å². The Morgan fingerprint density at radius 2 is 1.79 bits per heavy atom. The summed E-state index contributed by atoms with van der Waals surface area (Å²) >= 11 is 6.04. The van der Waals surface area contributed by atoms with Crippen LogP contribution in [0.3, 0.4) is 0 Å². The smallest absolute Gasteiger partial charge is 0.307 e. The largest absolute Gasteiger partial charge is 0.481 e. The molecular weight excluding hydrogens is 394 g/mol. The lowest BCUT2D eigenvalue weighted by Gasteiger charge is -2.18. The van der Waals surface area contributed by atoms with E-state index in [9.17, 15) is 14.4 Å². The van der Waals surface area contributed by atoms with Gasteiger partial charge in [0.05, 0.1) is 19.4 Å². The van der Waals surface area contributed by atoms with E-state index in [1.54, 1.807) is 6.92 Å². The third-order valence-electron chi connectivity index (χ3n) is 4.24. The Balaban J connectivity index is 2.07. The van der Waals surface area contributed by atoms with Crippen LogP contribution in [0.4, 0.5) is 0 Å². The number of benzene rings is 2. The van der Waals surface area contributed by atoms with E-state index in [1.807, 2.05) is 48.5 Å². The quantitative estimate of drug-likeness (QED) is 0.573. The summed E-state index contributed by atoms with van der Waals surface area (Å²) in [5.41, 5.74) is 2.93. The first-order valence-corrected chi connectivity index (χ1v) is 9.76. The molecule has 0 saturated heterocycles. The monoisotopic (exact) mass is 417 g/mol. The van der Waals surface area contributed by atoms with Gasteiger partial charge in [-0.3, -0.25) is 14.4 Å². The van der Waals surface area contributed by atoms with E-state index in [1.165, 1.54) is 0 Å². The molecule has 154 valence electrons. The maximum Gasteiger partial charge on any atom is 0.307 e. The predicted octanol–water partition coefficient (Wildman–Crippen LogP) is 3.85. The zero-order valence-corrected chi connectivity index (χ0v) is 16.9. The van der Waals surface area contributed by atoms with Gasteiger partial charge >= 0.3 is 11.9 Å². The lowest BCUT2D eigenvalue weighted by atomic mass is 9.99. The minimum absolute atomic E-state index is 0.0166. The number of halogens is 1. The second-order valence-electron chi connectivity index (χ2n) is 6.58. The number of esters is 1. The van der Waals surface area contributed by atoms with E-state index in [0.29, 0.717) is 11.4 Å². The highest BCUT2D eigenvalue weighted by Gasteiger charge is 2.18. The summed E-state index contributed by atoms with van der Waals surface area (Å²) in [4.78, 5) is 34.6. The number of carbonyl (C=O) groups is 3. The Morgan fingerprint density at radius 1 is 1.07 bits per heavy atom. The molecule has 0 radical (unpaired) electrons. The second-order valence-corrected chi connectivity index (χ2v) is 7.02. The van der Waals surface area contributed by atoms with Crippen LogP contribution < -0.4 is 5.32 Å². The lowest BCUT2D eigenvalue weighted by molar-refractivity contribution is -0.144. The van der Waals surface area contributed by atoms with E-state index in [2.05, 4.69) is 5.32 Å². The van der Waals surface area contributed by atoms with E-state index in [-0.39, 0.29) is 25.9 Å². The number of carbonyl (C=O) groups excluding carboxylic acids is 2. The third kappa shape index (κ3) is 7.95. The molecule has 0 fully saturated rings. The van der Waals surface area contributed by atoms with E-state index in [0.717, 1.165) is 16.7 Å². The Bertz CT molecular complexity index is 851. The van der Waals surface area contributed by atoms with Crippen molar-refractivity contribution < 1.29 is 24.2 Å². The van der Waals surface area contributed by atoms with Gasteiger partial charge in [-0.1, -0.05) is 48.0 Å². The number of nitrogens with one attached hydrogen (secondary N) is 1. The summed E-state index contributed by atoms with van der Waals surface area (Å²) in [6.45, 7) is 1.97. The van der Waals surface area contributed by atoms with Crippen molar-refractivity contribution >= 4 is 29.4 Å². The fraction of sp³-hybridized carbons (Fsp3) is 0.318. The molecule has 2 aromatic rings. The summed E-state index contributed by atoms with van der Waals surface area (Å²) in [7, 11) is 0. The molecule has 0 aliphatic heterocycles. The Hall–Kier alpha value is -2.86. The zero-order valence-electron chi connectivity index (χ0n) is 16.2. The standard InChI is InChI=1S/C22H24ClNO5/c1-2-29-22(28)14-19(24-20(25)10-11-21(26)27)12-15-6-8-16(9-7-15)17-4-3-5-18(23)13-17/h3-9,13,19H,2,10-12,14H2,1H3,(H,24,25)(H,26,27)/t19-/m1/s1. The van der Waals surface area contributed by atoms with Crippen molar-refractivity contribution in [3.05, 3.63) is 59.1 Å². The Morgan fingerprint density at radius 3 is 2.41 bits per heavy atom. The fourth-order valence-electron chi connectivity index (χ4n) is 2.90. The van der Waals surface area contributed by atoms with Gasteiger partial charge in [0.15, 0.2) is 0 Å². The lowest BCUT2D eigenvalue weighted by Crippen LogP contribution is -2.38. The van der Waals surface area contributed by atoms with Crippen molar-refractivity contribution in [3.63, 3.8) is 0 Å². The average molecular weight is 418 g/mol. The number of hydrogen-bond donors (Lipinski definition) is 2. The van der Waals surface area contributed by atoms with Crippen LogP contribution >= 0.6 is 11.6 Å². The van der Waals surface area contributed by atoms with Crippen LogP contribution in [0.15, 0.2) is 48.5 Å². The van der Waals surface area contributed by atoms with Gasteiger partial charge < -0.3 is 15.2 Å². The van der Waals surface area contributed by atoms with Gasteiger partial charge in [0.2, 0.25) is 5.91 Å². The SMILES string of the molecule is CCOC(=O)C[C@@H](Cc1ccc(-c2cccc(Cl)c2)cc1)NC(=O)CCC(=O)O. The van der Waals surface area contributed by atoms with Gasteiger partial charge in [-0.25, -0.2) is 0 Å². The van der Waals surface area contributed by atoms with Gasteiger partial charge in [0, 0.05) is 17.5 Å². The van der Waals surface area contributed by atoms with Crippen LogP contribution in [0.2, 0.25) is 5.02 Å². The van der Waals surface area contributed by atoms with E-state index < -0.39 is 23.9 Å². The molecule has 1 atom stereocenters. The van der Waals surface area contributed by atoms with Crippen molar-refractivity contribution in [2.24, 2.45) is 0 Å². The first-order chi connectivity index (χ1) is 13.9. The van der Waals surface area contributed by atoms with Crippen molar-refractivity contribution in [3.8, 4) is 11.1 Å². The first kappa shape index (κ1) is 22.4. The summed E-state index contributed by atoms with van der Waals surface area (Å²) in [6.07, 6.45) is 0.0464. The minimum atomic E-state index is -1.04. The summed E-state index contributed by atoms with van der Waals surface area (Å²) < 4.78 is 4.98. The zero-order chi connectivity index (χ0) is 21.2. The van der Waals surface area contributed by atoms with Gasteiger partial charge in [-0.05, 0) is 42.2 Å². The third-order valence-corrected chi connectivity index (χ3v) is 4.48. The molecule has 29 heavy (non-hydrogen) atoms. The molecule has 2 aromatic carbocycles. The molecule has 2 rings (SSSR count). The van der Waals surface area contributed by atoms with Gasteiger partial charge in [-0.15, -0.1) is 0 Å². The van der Waals surface area contributed by atoms with Gasteiger partial charge in [0.1, 0.15) is 0 Å². The molecule has 0 aliphatic rings. The van der Waals surface area contributed by atoms with Crippen LogP contribution in [0.5, 0.6) is 0 Å². The second kappa shape index (κ2) is 11.2. The summed E-state index contributed by atoms with van der Waals surface area (Å²) in [5, 5.41) is 12.1. The van der Waals surface area contributed by atoms with Crippen molar-refractivity contribution in [2.75, 3.05) is 6.61 Å². The highest BCUT2D eigenvalue weighted by Crippen LogP contribution is 2.23. The number of aliphatic carboxylic acids is 1. The molecule has 0 spiro atoms. The topological polar surface area (TPSA) is 92.7 Å². The van der Waals surface area contributed by atoms with Gasteiger partial charge in [-0.2, -0.15) is 0 Å². The Kier molecular flexibility index (Phi) is 8.68. The average Bonchev–Trinajstić information content (AvgIpc) is 2.67. The normalized spacial score (nSPS) is 11.5. The molecule has 1 amide bonds. The molecule has 0 unspecified atom stereocenters. The molecule has 6 nitrogen and oxygen atoms in total. The first-order valence-electron chi connectivity index (χ1n) is 9.39. The maximum atomic E-state index is 12.0. The number of rotatable bonds is 10. The molecule has 0 saturated carbocycles. The molecule has 0 aliphatic carbocycles. The van der Waals surface area contributed by atoms with E-state index in [4.69, 9.17) is 21.4 Å². The van der Waals surface area contributed by atoms with Crippen molar-refractivity contribution in [1.29, 1.82) is 0 Å². The van der Waals surface area contributed by atoms with Crippen LogP contribution in [0, 0.1) is 0 Å². The van der Waals surface area contributed by atoms with Crippen LogP contribution in [0.1, 0.15) is 31.7 Å². The van der Waals surface area contributed by atoms with Crippen molar-refractivity contribution in [2.45, 2.75) is 38.6 Å². The number of hydrogen-bond acceptors (Lipinski definition) is 4. The number of amides is 1. The van der Waals surface area contributed by atoms with Gasteiger partial charge in [0.25, 0.3) is 0 Å². The Labute approximate surface area is 174 Å². The van der Waals surface area contributed by atoms with Crippen LogP contribution in [-0.2, 0) is 25.5 Å². The molecule has 7 heteroatoms. The van der Waals surface area contributed by atoms with E-state index >= 15 is 0 Å². The highest BCUT2D eigenvalue weighted by atomic mass is 35.5. The number of carboxylic acid groups (broad SMARTS) is 1. The predicted molar refractivity (Wildman–Crippen MR) is 111 cm³/mol. The number of carboxylic acids is 1. The molecular formula is C22H24ClNO5. The number of ether oxygens (including phenoxy) is 1. The molecule has 0 heterocycles. The maximum absolute atomic E-state index is 12.0. The molecule has 0 aromatic heterocycles. The minimum Gasteiger partial charge on any atom is -0.481 e. The van der Waals surface area contributed by atoms with Crippen molar-refractivity contribution in [1.82, 2.24) is 5.32 Å². The van der Waals surface area contributed by atoms with Crippen LogP contribution in [0.25, 0.3) is 11.1 Å². The summed E-state index contributed by atoms with van der Waals surface area (Å²) in [6, 6.07) is 14.8. The molecule has 2 N–H and O–H groups in total. The highest BCUT2D eigenvalue weighted by molar-refractivity contribution is 6.30. The fourth-order valence-corrected chi connectivity index (χ4v) is 3.09. The molecule has 0 bridgehead atoms. The summed E-state index contributed by atoms with van der Waals surface area (Å²) in [5.74, 6) is -1.86.